The van der Waals surface area contributed by atoms with E-state index in [1.54, 1.807) is 0 Å². The predicted octanol–water partition coefficient (Wildman–Crippen LogP) is 6.41. The van der Waals surface area contributed by atoms with Gasteiger partial charge in [-0.05, 0) is 29.0 Å². The molecule has 0 unspecified atom stereocenters. The second-order valence-corrected chi connectivity index (χ2v) is 5.47. The summed E-state index contributed by atoms with van der Waals surface area (Å²) in [4.78, 5) is 0. The monoisotopic (exact) mass is 313 g/mol. The molecule has 4 heteroatoms. The topological polar surface area (TPSA) is 0 Å². The van der Waals surface area contributed by atoms with Crippen LogP contribution in [0.2, 0.25) is 20.1 Å². The van der Waals surface area contributed by atoms with E-state index in [-0.39, 0.29) is 0 Å². The smallest absolute Gasteiger partial charge is 0.0791 e. The van der Waals surface area contributed by atoms with E-state index in [2.05, 4.69) is 6.07 Å². The van der Waals surface area contributed by atoms with Crippen molar-refractivity contribution in [3.8, 4) is 0 Å². The van der Waals surface area contributed by atoms with Crippen molar-refractivity contribution in [1.29, 1.82) is 0 Å². The fourth-order valence-corrected chi connectivity index (χ4v) is 2.84. The van der Waals surface area contributed by atoms with Gasteiger partial charge in [0.25, 0.3) is 0 Å². The van der Waals surface area contributed by atoms with Crippen molar-refractivity contribution in [1.82, 2.24) is 0 Å². The molecule has 0 N–H and O–H groups in total. The summed E-state index contributed by atoms with van der Waals surface area (Å²) >= 11 is 24.4. The number of benzene rings is 3. The molecule has 0 heterocycles. The Morgan fingerprint density at radius 2 is 1.61 bits per heavy atom. The summed E-state index contributed by atoms with van der Waals surface area (Å²) in [7, 11) is 0. The predicted molar refractivity (Wildman–Crippen MR) is 80.3 cm³/mol. The number of hydrogen-bond acceptors (Lipinski definition) is 0. The Balaban J connectivity index is 2.54. The quantitative estimate of drug-likeness (QED) is 0.332. The van der Waals surface area contributed by atoms with Crippen LogP contribution in [0, 0.1) is 6.07 Å². The molecule has 0 aliphatic carbocycles. The molecule has 0 amide bonds. The van der Waals surface area contributed by atoms with Gasteiger partial charge in [0.05, 0.1) is 15.1 Å². The third kappa shape index (κ3) is 1.85. The van der Waals surface area contributed by atoms with Crippen LogP contribution in [0.15, 0.2) is 30.3 Å². The van der Waals surface area contributed by atoms with E-state index in [0.717, 1.165) is 21.5 Å². The first-order chi connectivity index (χ1) is 8.58. The van der Waals surface area contributed by atoms with Crippen molar-refractivity contribution in [3.05, 3.63) is 56.5 Å². The second-order valence-electron chi connectivity index (χ2n) is 3.93. The van der Waals surface area contributed by atoms with Crippen LogP contribution in [0.5, 0.6) is 0 Å². The molecule has 0 aromatic heterocycles. The van der Waals surface area contributed by atoms with E-state index in [1.165, 1.54) is 0 Å². The first-order valence-electron chi connectivity index (χ1n) is 5.15. The molecule has 89 valence electrons. The van der Waals surface area contributed by atoms with Gasteiger partial charge in [-0.1, -0.05) is 58.5 Å². The molecular formula is C14H5Cl4. The minimum atomic E-state index is 0.317. The number of fused-ring (bicyclic) bond motifs is 2. The Morgan fingerprint density at radius 1 is 0.833 bits per heavy atom. The summed E-state index contributed by atoms with van der Waals surface area (Å²) in [5.41, 5.74) is 0. The van der Waals surface area contributed by atoms with Crippen LogP contribution < -0.4 is 0 Å². The highest BCUT2D eigenvalue weighted by atomic mass is 35.5. The molecule has 0 aliphatic heterocycles. The summed E-state index contributed by atoms with van der Waals surface area (Å²) < 4.78 is 0. The van der Waals surface area contributed by atoms with E-state index < -0.39 is 0 Å². The fourth-order valence-electron chi connectivity index (χ4n) is 1.96. The minimum Gasteiger partial charge on any atom is -0.0837 e. The maximum absolute atomic E-state index is 6.20. The van der Waals surface area contributed by atoms with Gasteiger partial charge in [0.15, 0.2) is 0 Å². The van der Waals surface area contributed by atoms with Crippen molar-refractivity contribution in [2.75, 3.05) is 0 Å². The molecule has 0 fully saturated rings. The summed E-state index contributed by atoms with van der Waals surface area (Å²) in [6.07, 6.45) is 0. The zero-order valence-corrected chi connectivity index (χ0v) is 11.9. The van der Waals surface area contributed by atoms with Crippen LogP contribution >= 0.6 is 46.4 Å². The van der Waals surface area contributed by atoms with E-state index in [4.69, 9.17) is 46.4 Å². The maximum atomic E-state index is 6.20. The number of hydrogen-bond donors (Lipinski definition) is 0. The first kappa shape index (κ1) is 12.4. The molecule has 0 spiro atoms. The lowest BCUT2D eigenvalue weighted by Crippen LogP contribution is -1.81. The summed E-state index contributed by atoms with van der Waals surface area (Å²) in [5.74, 6) is 0. The number of rotatable bonds is 0. The summed E-state index contributed by atoms with van der Waals surface area (Å²) in [6, 6.07) is 12.6. The Kier molecular flexibility index (Phi) is 3.07. The summed E-state index contributed by atoms with van der Waals surface area (Å²) in [5, 5.41) is 5.32. The van der Waals surface area contributed by atoms with Gasteiger partial charge in [-0.25, -0.2) is 0 Å². The van der Waals surface area contributed by atoms with Gasteiger partial charge >= 0.3 is 0 Å². The minimum absolute atomic E-state index is 0.317. The van der Waals surface area contributed by atoms with Gasteiger partial charge in [0.2, 0.25) is 0 Å². The third-order valence-corrected chi connectivity index (χ3v) is 4.41. The Hall–Kier alpha value is -0.660. The van der Waals surface area contributed by atoms with Gasteiger partial charge in [0, 0.05) is 21.9 Å². The standard InChI is InChI=1S/C14H5Cl4/c15-11-3-1-2-7-4-8-5-12(16)14(18)13(17)10(8)6-9(7)11/h1-4,6H. The van der Waals surface area contributed by atoms with E-state index in [0.29, 0.717) is 20.1 Å². The van der Waals surface area contributed by atoms with Gasteiger partial charge in [-0.3, -0.25) is 0 Å². The van der Waals surface area contributed by atoms with E-state index >= 15 is 0 Å². The average molecular weight is 315 g/mol. The maximum Gasteiger partial charge on any atom is 0.0791 e. The molecule has 0 aliphatic rings. The Morgan fingerprint density at radius 3 is 2.39 bits per heavy atom. The lowest BCUT2D eigenvalue weighted by atomic mass is 10.0. The first-order valence-corrected chi connectivity index (χ1v) is 6.67. The zero-order chi connectivity index (χ0) is 12.9. The third-order valence-electron chi connectivity index (χ3n) is 2.83. The highest BCUT2D eigenvalue weighted by Gasteiger charge is 2.11. The van der Waals surface area contributed by atoms with Crippen LogP contribution in [0.1, 0.15) is 0 Å². The van der Waals surface area contributed by atoms with Crippen LogP contribution in [0.4, 0.5) is 0 Å². The Labute approximate surface area is 124 Å². The van der Waals surface area contributed by atoms with Crippen molar-refractivity contribution >= 4 is 67.9 Å². The highest BCUT2D eigenvalue weighted by molar-refractivity contribution is 6.50. The largest absolute Gasteiger partial charge is 0.0837 e. The molecule has 0 saturated carbocycles. The SMILES string of the molecule is Clc1[c]c2cc3cccc(Cl)c3cc2c(Cl)c1Cl. The van der Waals surface area contributed by atoms with E-state index in [9.17, 15) is 0 Å². The van der Waals surface area contributed by atoms with Crippen LogP contribution in [-0.4, -0.2) is 0 Å². The van der Waals surface area contributed by atoms with Gasteiger partial charge < -0.3 is 0 Å². The van der Waals surface area contributed by atoms with Crippen molar-refractivity contribution < 1.29 is 0 Å². The van der Waals surface area contributed by atoms with Crippen LogP contribution in [0.3, 0.4) is 0 Å². The molecule has 3 aromatic rings. The molecule has 0 saturated heterocycles. The number of halogens is 4. The molecule has 3 rings (SSSR count). The normalized spacial score (nSPS) is 11.3. The van der Waals surface area contributed by atoms with Gasteiger partial charge in [-0.15, -0.1) is 0 Å². The van der Waals surface area contributed by atoms with Crippen molar-refractivity contribution in [2.24, 2.45) is 0 Å². The molecule has 0 nitrogen and oxygen atoms in total. The molecule has 3 aromatic carbocycles. The van der Waals surface area contributed by atoms with E-state index in [1.807, 2.05) is 30.3 Å². The molecule has 1 radical (unpaired) electrons. The lowest BCUT2D eigenvalue weighted by molar-refractivity contribution is 1.75. The molecule has 0 atom stereocenters. The summed E-state index contributed by atoms with van der Waals surface area (Å²) in [6.45, 7) is 0. The fraction of sp³-hybridized carbons (Fsp3) is 0. The second kappa shape index (κ2) is 4.47. The Bertz CT molecular complexity index is 778. The van der Waals surface area contributed by atoms with Crippen molar-refractivity contribution in [2.45, 2.75) is 0 Å². The molecule has 18 heavy (non-hydrogen) atoms. The molecule has 0 bridgehead atoms. The molecular weight excluding hydrogens is 310 g/mol. The highest BCUT2D eigenvalue weighted by Crippen LogP contribution is 2.38. The van der Waals surface area contributed by atoms with Gasteiger partial charge in [0.1, 0.15) is 0 Å². The van der Waals surface area contributed by atoms with Crippen LogP contribution in [-0.2, 0) is 0 Å². The zero-order valence-electron chi connectivity index (χ0n) is 8.90. The average Bonchev–Trinajstić information content (AvgIpc) is 2.35. The van der Waals surface area contributed by atoms with Gasteiger partial charge in [-0.2, -0.15) is 0 Å². The van der Waals surface area contributed by atoms with Crippen LogP contribution in [0.25, 0.3) is 21.5 Å². The lowest BCUT2D eigenvalue weighted by Gasteiger charge is -2.07. The van der Waals surface area contributed by atoms with Crippen molar-refractivity contribution in [3.63, 3.8) is 0 Å².